The summed E-state index contributed by atoms with van der Waals surface area (Å²) >= 11 is 0. The number of hydrogen-bond donors (Lipinski definition) is 2. The Bertz CT molecular complexity index is 597. The highest BCUT2D eigenvalue weighted by Crippen LogP contribution is 2.21. The summed E-state index contributed by atoms with van der Waals surface area (Å²) in [6.07, 6.45) is 4.75. The molecule has 0 radical (unpaired) electrons. The predicted molar refractivity (Wildman–Crippen MR) is 86.9 cm³/mol. The van der Waals surface area contributed by atoms with Crippen molar-refractivity contribution in [3.05, 3.63) is 54.1 Å². The maximum Gasteiger partial charge on any atom is 0.128 e. The van der Waals surface area contributed by atoms with E-state index in [0.717, 1.165) is 11.1 Å². The highest BCUT2D eigenvalue weighted by molar-refractivity contribution is 5.63. The van der Waals surface area contributed by atoms with Gasteiger partial charge in [0.2, 0.25) is 0 Å². The highest BCUT2D eigenvalue weighted by atomic mass is 19.1. The van der Waals surface area contributed by atoms with Crippen LogP contribution in [0.5, 0.6) is 0 Å². The molecule has 0 atom stereocenters. The second kappa shape index (κ2) is 7.47. The highest BCUT2D eigenvalue weighted by Gasteiger charge is 2.21. The summed E-state index contributed by atoms with van der Waals surface area (Å²) in [6, 6.07) is 8.94. The number of rotatable bonds is 7. The van der Waals surface area contributed by atoms with Crippen molar-refractivity contribution >= 4 is 0 Å². The van der Waals surface area contributed by atoms with E-state index < -0.39 is 5.60 Å². The Morgan fingerprint density at radius 3 is 2.36 bits per heavy atom. The second-order valence-electron chi connectivity index (χ2n) is 5.58. The van der Waals surface area contributed by atoms with Crippen molar-refractivity contribution in [1.29, 1.82) is 0 Å². The van der Waals surface area contributed by atoms with E-state index in [9.17, 15) is 9.50 Å². The predicted octanol–water partition coefficient (Wildman–Crippen LogP) is 3.53. The summed E-state index contributed by atoms with van der Waals surface area (Å²) in [5, 5.41) is 13.4. The van der Waals surface area contributed by atoms with E-state index in [0.29, 0.717) is 31.5 Å². The Balaban J connectivity index is 2.02. The first kappa shape index (κ1) is 16.6. The third-order valence-electron chi connectivity index (χ3n) is 4.15. The van der Waals surface area contributed by atoms with Gasteiger partial charge < -0.3 is 10.4 Å². The van der Waals surface area contributed by atoms with E-state index in [-0.39, 0.29) is 5.82 Å². The van der Waals surface area contributed by atoms with Crippen molar-refractivity contribution in [3.8, 4) is 11.1 Å². The van der Waals surface area contributed by atoms with Gasteiger partial charge in [-0.2, -0.15) is 0 Å². The number of aromatic nitrogens is 1. The monoisotopic (exact) mass is 302 g/mol. The molecule has 2 rings (SSSR count). The zero-order valence-corrected chi connectivity index (χ0v) is 13.1. The van der Waals surface area contributed by atoms with Gasteiger partial charge in [-0.05, 0) is 42.2 Å². The number of halogens is 1. The third-order valence-corrected chi connectivity index (χ3v) is 4.15. The molecule has 1 aromatic heterocycles. The van der Waals surface area contributed by atoms with Crippen molar-refractivity contribution in [2.45, 2.75) is 38.8 Å². The van der Waals surface area contributed by atoms with Gasteiger partial charge in [0.15, 0.2) is 0 Å². The minimum atomic E-state index is -0.715. The summed E-state index contributed by atoms with van der Waals surface area (Å²) in [7, 11) is 0. The Hall–Kier alpha value is -1.78. The average Bonchev–Trinajstić information content (AvgIpc) is 2.57. The van der Waals surface area contributed by atoms with Gasteiger partial charge in [0, 0.05) is 31.0 Å². The van der Waals surface area contributed by atoms with Crippen LogP contribution in [0, 0.1) is 5.82 Å². The van der Waals surface area contributed by atoms with Crippen LogP contribution in [-0.2, 0) is 6.54 Å². The molecule has 0 spiro atoms. The number of nitrogens with one attached hydrogen (secondary N) is 1. The van der Waals surface area contributed by atoms with Crippen molar-refractivity contribution in [3.63, 3.8) is 0 Å². The molecule has 3 nitrogen and oxygen atoms in total. The van der Waals surface area contributed by atoms with Gasteiger partial charge in [-0.1, -0.05) is 26.0 Å². The Morgan fingerprint density at radius 1 is 1.09 bits per heavy atom. The van der Waals surface area contributed by atoms with E-state index >= 15 is 0 Å². The number of aliphatic hydroxyl groups is 1. The minimum Gasteiger partial charge on any atom is -0.389 e. The summed E-state index contributed by atoms with van der Waals surface area (Å²) in [4.78, 5) is 3.96. The molecular formula is C18H23FN2O. The molecule has 2 aromatic rings. The second-order valence-corrected chi connectivity index (χ2v) is 5.58. The normalized spacial score (nSPS) is 11.6. The average molecular weight is 302 g/mol. The van der Waals surface area contributed by atoms with Gasteiger partial charge in [-0.25, -0.2) is 4.39 Å². The Kier molecular flexibility index (Phi) is 5.63. The molecule has 0 aliphatic heterocycles. The quantitative estimate of drug-likeness (QED) is 0.822. The summed E-state index contributed by atoms with van der Waals surface area (Å²) in [5.74, 6) is -0.238. The molecule has 0 saturated heterocycles. The van der Waals surface area contributed by atoms with Gasteiger partial charge in [-0.15, -0.1) is 0 Å². The molecule has 2 N–H and O–H groups in total. The van der Waals surface area contributed by atoms with Gasteiger partial charge in [0.25, 0.3) is 0 Å². The van der Waals surface area contributed by atoms with Crippen LogP contribution in [0.3, 0.4) is 0 Å². The molecule has 1 aromatic carbocycles. The van der Waals surface area contributed by atoms with Crippen molar-refractivity contribution in [2.75, 3.05) is 6.54 Å². The first-order valence-corrected chi connectivity index (χ1v) is 7.70. The Labute approximate surface area is 131 Å². The molecule has 0 bridgehead atoms. The van der Waals surface area contributed by atoms with Crippen LogP contribution in [0.1, 0.15) is 32.3 Å². The smallest absolute Gasteiger partial charge is 0.128 e. The van der Waals surface area contributed by atoms with Crippen LogP contribution < -0.4 is 5.32 Å². The summed E-state index contributed by atoms with van der Waals surface area (Å²) in [6.45, 7) is 4.78. The fourth-order valence-electron chi connectivity index (χ4n) is 2.34. The molecule has 0 aliphatic rings. The molecule has 118 valence electrons. The zero-order valence-electron chi connectivity index (χ0n) is 13.1. The molecule has 22 heavy (non-hydrogen) atoms. The molecule has 0 saturated carbocycles. The molecule has 0 aliphatic carbocycles. The van der Waals surface area contributed by atoms with Gasteiger partial charge in [0.05, 0.1) is 5.60 Å². The summed E-state index contributed by atoms with van der Waals surface area (Å²) < 4.78 is 14.2. The molecule has 1 heterocycles. The zero-order chi connectivity index (χ0) is 16.0. The molecular weight excluding hydrogens is 279 g/mol. The van der Waals surface area contributed by atoms with Crippen LogP contribution in [-0.4, -0.2) is 22.2 Å². The van der Waals surface area contributed by atoms with Crippen LogP contribution >= 0.6 is 0 Å². The largest absolute Gasteiger partial charge is 0.389 e. The topological polar surface area (TPSA) is 45.1 Å². The number of hydrogen-bond acceptors (Lipinski definition) is 3. The van der Waals surface area contributed by atoms with Crippen molar-refractivity contribution in [2.24, 2.45) is 0 Å². The lowest BCUT2D eigenvalue weighted by Crippen LogP contribution is -2.39. The SMILES string of the molecule is CCC(O)(CC)CNCc1ccc(-c2ccncc2)cc1F. The van der Waals surface area contributed by atoms with E-state index in [1.807, 2.05) is 32.0 Å². The van der Waals surface area contributed by atoms with Crippen molar-refractivity contribution in [1.82, 2.24) is 10.3 Å². The van der Waals surface area contributed by atoms with E-state index in [2.05, 4.69) is 10.3 Å². The summed E-state index contributed by atoms with van der Waals surface area (Å²) in [5.41, 5.74) is 1.67. The van der Waals surface area contributed by atoms with Gasteiger partial charge in [-0.3, -0.25) is 4.98 Å². The van der Waals surface area contributed by atoms with Gasteiger partial charge >= 0.3 is 0 Å². The number of benzene rings is 1. The molecule has 0 amide bonds. The van der Waals surface area contributed by atoms with Gasteiger partial charge in [0.1, 0.15) is 5.82 Å². The van der Waals surface area contributed by atoms with Crippen LogP contribution in [0.4, 0.5) is 4.39 Å². The van der Waals surface area contributed by atoms with E-state index in [1.54, 1.807) is 18.5 Å². The standard InChI is InChI=1S/C18H23FN2O/c1-3-18(22,4-2)13-21-12-16-6-5-15(11-17(16)19)14-7-9-20-10-8-14/h5-11,21-22H,3-4,12-13H2,1-2H3. The van der Waals surface area contributed by atoms with Crippen LogP contribution in [0.15, 0.2) is 42.7 Å². The van der Waals surface area contributed by atoms with E-state index in [4.69, 9.17) is 0 Å². The molecule has 0 fully saturated rings. The first-order chi connectivity index (χ1) is 10.6. The fraction of sp³-hybridized carbons (Fsp3) is 0.389. The first-order valence-electron chi connectivity index (χ1n) is 7.70. The Morgan fingerprint density at radius 2 is 1.77 bits per heavy atom. The third kappa shape index (κ3) is 4.12. The van der Waals surface area contributed by atoms with E-state index in [1.165, 1.54) is 6.07 Å². The lowest BCUT2D eigenvalue weighted by molar-refractivity contribution is 0.0322. The number of nitrogens with zero attached hydrogens (tertiary/aromatic N) is 1. The minimum absolute atomic E-state index is 0.238. The van der Waals surface area contributed by atoms with Crippen LogP contribution in [0.2, 0.25) is 0 Å². The number of pyridine rings is 1. The lowest BCUT2D eigenvalue weighted by atomic mass is 9.97. The molecule has 0 unspecified atom stereocenters. The maximum absolute atomic E-state index is 14.2. The van der Waals surface area contributed by atoms with Crippen molar-refractivity contribution < 1.29 is 9.50 Å². The lowest BCUT2D eigenvalue weighted by Gasteiger charge is -2.25. The van der Waals surface area contributed by atoms with Crippen LogP contribution in [0.25, 0.3) is 11.1 Å². The fourth-order valence-corrected chi connectivity index (χ4v) is 2.34. The maximum atomic E-state index is 14.2. The molecule has 4 heteroatoms.